The number of hydrazine groups is 1. The Hall–Kier alpha value is -2.87. The summed E-state index contributed by atoms with van der Waals surface area (Å²) in [5, 5.41) is 8.36. The highest BCUT2D eigenvalue weighted by molar-refractivity contribution is 6.40. The number of carbonyl (C=O) groups is 2. The van der Waals surface area contributed by atoms with Gasteiger partial charge in [0.05, 0.1) is 32.5 Å². The Morgan fingerprint density at radius 2 is 1.66 bits per heavy atom. The van der Waals surface area contributed by atoms with Crippen molar-refractivity contribution in [2.24, 2.45) is 0 Å². The van der Waals surface area contributed by atoms with Gasteiger partial charge in [0.1, 0.15) is 0 Å². The summed E-state index contributed by atoms with van der Waals surface area (Å²) < 4.78 is 0. The van der Waals surface area contributed by atoms with Gasteiger partial charge in [-0.25, -0.2) is 9.80 Å². The van der Waals surface area contributed by atoms with E-state index < -0.39 is 5.91 Å². The molecule has 7 nitrogen and oxygen atoms in total. The number of carbonyl (C=O) groups excluding carboxylic acids is 2. The number of pyridine rings is 1. The molecule has 0 radical (unpaired) electrons. The number of aryl methyl sites for hydroxylation is 1. The third kappa shape index (κ3) is 4.59. The number of para-hydroxylation sites is 1. The topological polar surface area (TPSA) is 86.4 Å². The van der Waals surface area contributed by atoms with Crippen molar-refractivity contribution in [2.45, 2.75) is 6.92 Å². The number of rotatable bonds is 4. The molecule has 0 spiro atoms. The Balaban J connectivity index is 1.99. The third-order valence-electron chi connectivity index (χ3n) is 4.09. The lowest BCUT2D eigenvalue weighted by Gasteiger charge is -2.17. The molecule has 0 saturated carbocycles. The van der Waals surface area contributed by atoms with Crippen LogP contribution in [0.25, 0.3) is 10.9 Å². The van der Waals surface area contributed by atoms with Crippen molar-refractivity contribution in [1.29, 1.82) is 0 Å². The number of urea groups is 1. The average Bonchev–Trinajstić information content (AvgIpc) is 2.63. The van der Waals surface area contributed by atoms with Crippen LogP contribution in [0, 0.1) is 6.92 Å². The summed E-state index contributed by atoms with van der Waals surface area (Å²) in [6.07, 6.45) is 1.63. The molecule has 1 aromatic heterocycles. The van der Waals surface area contributed by atoms with Gasteiger partial charge in [0.2, 0.25) is 0 Å². The van der Waals surface area contributed by atoms with Gasteiger partial charge < -0.3 is 10.6 Å². The summed E-state index contributed by atoms with van der Waals surface area (Å²) in [4.78, 5) is 29.4. The molecule has 0 saturated heterocycles. The quantitative estimate of drug-likeness (QED) is 0.522. The molecule has 29 heavy (non-hydrogen) atoms. The van der Waals surface area contributed by atoms with Crippen LogP contribution in [-0.2, 0) is 0 Å². The van der Waals surface area contributed by atoms with Crippen LogP contribution < -0.4 is 16.1 Å². The second-order valence-electron chi connectivity index (χ2n) is 6.53. The lowest BCUT2D eigenvalue weighted by Crippen LogP contribution is -2.39. The predicted molar refractivity (Wildman–Crippen MR) is 117 cm³/mol. The Labute approximate surface area is 178 Å². The van der Waals surface area contributed by atoms with Gasteiger partial charge in [-0.15, -0.1) is 0 Å². The first kappa shape index (κ1) is 20.9. The van der Waals surface area contributed by atoms with Crippen molar-refractivity contribution in [3.05, 3.63) is 63.8 Å². The van der Waals surface area contributed by atoms with Gasteiger partial charge in [0.15, 0.2) is 0 Å². The van der Waals surface area contributed by atoms with E-state index in [1.54, 1.807) is 50.6 Å². The van der Waals surface area contributed by atoms with Crippen LogP contribution in [-0.4, -0.2) is 36.0 Å². The monoisotopic (exact) mass is 431 g/mol. The van der Waals surface area contributed by atoms with Gasteiger partial charge in [-0.1, -0.05) is 41.4 Å². The maximum Gasteiger partial charge on any atom is 0.333 e. The summed E-state index contributed by atoms with van der Waals surface area (Å²) in [5.41, 5.74) is 5.19. The molecule has 0 aliphatic rings. The smallest absolute Gasteiger partial charge is 0.320 e. The molecule has 150 valence electrons. The largest absolute Gasteiger partial charge is 0.333 e. The normalized spacial score (nSPS) is 10.8. The van der Waals surface area contributed by atoms with Gasteiger partial charge in [0.25, 0.3) is 5.91 Å². The first-order valence-electron chi connectivity index (χ1n) is 8.66. The number of nitrogens with one attached hydrogen (secondary N) is 3. The fourth-order valence-corrected chi connectivity index (χ4v) is 3.40. The first-order chi connectivity index (χ1) is 13.8. The van der Waals surface area contributed by atoms with Crippen LogP contribution in [0.2, 0.25) is 10.0 Å². The van der Waals surface area contributed by atoms with Crippen LogP contribution in [0.5, 0.6) is 0 Å². The molecule has 2 aromatic carbocycles. The van der Waals surface area contributed by atoms with E-state index in [2.05, 4.69) is 21.0 Å². The van der Waals surface area contributed by atoms with E-state index in [4.69, 9.17) is 23.2 Å². The van der Waals surface area contributed by atoms with Crippen molar-refractivity contribution in [3.63, 3.8) is 0 Å². The van der Waals surface area contributed by atoms with Crippen molar-refractivity contribution >= 4 is 57.4 Å². The van der Waals surface area contributed by atoms with E-state index in [1.165, 1.54) is 5.01 Å². The number of benzene rings is 2. The highest BCUT2D eigenvalue weighted by Crippen LogP contribution is 2.31. The van der Waals surface area contributed by atoms with E-state index in [0.29, 0.717) is 22.3 Å². The third-order valence-corrected chi connectivity index (χ3v) is 4.72. The SMILES string of the molecule is Cc1cnc2c(NC(=O)c3c(Cl)cccc3Cl)cccc2c1NC(=O)NN(C)C. The number of amides is 3. The molecule has 0 bridgehead atoms. The highest BCUT2D eigenvalue weighted by atomic mass is 35.5. The molecule has 3 amide bonds. The van der Waals surface area contributed by atoms with Crippen LogP contribution in [0.4, 0.5) is 16.2 Å². The Morgan fingerprint density at radius 3 is 2.31 bits per heavy atom. The van der Waals surface area contributed by atoms with Gasteiger partial charge in [-0.3, -0.25) is 15.2 Å². The molecular formula is C20H19Cl2N5O2. The Bertz CT molecular complexity index is 1080. The lowest BCUT2D eigenvalue weighted by molar-refractivity contribution is 0.102. The molecule has 0 fully saturated rings. The number of nitrogens with zero attached hydrogens (tertiary/aromatic N) is 2. The Morgan fingerprint density at radius 1 is 1.00 bits per heavy atom. The number of aromatic nitrogens is 1. The fraction of sp³-hybridized carbons (Fsp3) is 0.150. The lowest BCUT2D eigenvalue weighted by atomic mass is 10.1. The van der Waals surface area contributed by atoms with Gasteiger partial charge in [-0.05, 0) is 30.7 Å². The average molecular weight is 432 g/mol. The number of anilines is 2. The van der Waals surface area contributed by atoms with E-state index in [1.807, 2.05) is 13.0 Å². The summed E-state index contributed by atoms with van der Waals surface area (Å²) in [5.74, 6) is -0.449. The minimum absolute atomic E-state index is 0.184. The zero-order chi connectivity index (χ0) is 21.1. The van der Waals surface area contributed by atoms with Gasteiger partial charge >= 0.3 is 6.03 Å². The molecule has 9 heteroatoms. The van der Waals surface area contributed by atoms with Crippen molar-refractivity contribution in [1.82, 2.24) is 15.4 Å². The maximum absolute atomic E-state index is 12.8. The van der Waals surface area contributed by atoms with Crippen molar-refractivity contribution < 1.29 is 9.59 Å². The number of fused-ring (bicyclic) bond motifs is 1. The van der Waals surface area contributed by atoms with Gasteiger partial charge in [-0.2, -0.15) is 0 Å². The second-order valence-corrected chi connectivity index (χ2v) is 7.34. The summed E-state index contributed by atoms with van der Waals surface area (Å²) in [6.45, 7) is 1.84. The van der Waals surface area contributed by atoms with Crippen LogP contribution in [0.3, 0.4) is 0 Å². The molecule has 1 heterocycles. The molecular weight excluding hydrogens is 413 g/mol. The van der Waals surface area contributed by atoms with E-state index in [0.717, 1.165) is 5.56 Å². The van der Waals surface area contributed by atoms with Gasteiger partial charge in [0, 0.05) is 25.7 Å². The summed E-state index contributed by atoms with van der Waals surface area (Å²) in [7, 11) is 3.43. The highest BCUT2D eigenvalue weighted by Gasteiger charge is 2.17. The molecule has 3 N–H and O–H groups in total. The minimum Gasteiger partial charge on any atom is -0.320 e. The van der Waals surface area contributed by atoms with E-state index in [9.17, 15) is 9.59 Å². The fourth-order valence-electron chi connectivity index (χ4n) is 2.83. The predicted octanol–water partition coefficient (Wildman–Crippen LogP) is 4.70. The maximum atomic E-state index is 12.8. The van der Waals surface area contributed by atoms with Crippen LogP contribution >= 0.6 is 23.2 Å². The van der Waals surface area contributed by atoms with E-state index in [-0.39, 0.29) is 21.6 Å². The second kappa shape index (κ2) is 8.65. The zero-order valence-corrected chi connectivity index (χ0v) is 17.5. The molecule has 0 unspecified atom stereocenters. The Kier molecular flexibility index (Phi) is 6.22. The standard InChI is InChI=1S/C20H19Cl2N5O2/c1-11-10-23-18-12(17(11)25-20(29)26-27(2)3)6-4-9-15(18)24-19(28)16-13(21)7-5-8-14(16)22/h4-10H,1-3H3,(H,24,28)(H2,23,25,26,29). The summed E-state index contributed by atoms with van der Waals surface area (Å²) in [6, 6.07) is 9.78. The molecule has 0 aliphatic carbocycles. The number of hydrogen-bond donors (Lipinski definition) is 3. The van der Waals surface area contributed by atoms with Crippen molar-refractivity contribution in [2.75, 3.05) is 24.7 Å². The zero-order valence-electron chi connectivity index (χ0n) is 16.0. The minimum atomic E-state index is -0.449. The number of hydrogen-bond acceptors (Lipinski definition) is 4. The van der Waals surface area contributed by atoms with Crippen molar-refractivity contribution in [3.8, 4) is 0 Å². The van der Waals surface area contributed by atoms with E-state index >= 15 is 0 Å². The first-order valence-corrected chi connectivity index (χ1v) is 9.42. The molecule has 3 aromatic rings. The molecule has 0 aliphatic heterocycles. The number of halogens is 2. The molecule has 0 atom stereocenters. The van der Waals surface area contributed by atoms with Crippen LogP contribution in [0.1, 0.15) is 15.9 Å². The summed E-state index contributed by atoms with van der Waals surface area (Å²) >= 11 is 12.3. The molecule has 3 rings (SSSR count). The van der Waals surface area contributed by atoms with Crippen LogP contribution in [0.15, 0.2) is 42.6 Å².